The lowest BCUT2D eigenvalue weighted by Gasteiger charge is -2.38. The normalized spacial score (nSPS) is 21.1. The predicted molar refractivity (Wildman–Crippen MR) is 123 cm³/mol. The van der Waals surface area contributed by atoms with Gasteiger partial charge in [-0.15, -0.1) is 0 Å². The summed E-state index contributed by atoms with van der Waals surface area (Å²) in [6, 6.07) is 17.1. The predicted octanol–water partition coefficient (Wildman–Crippen LogP) is 5.15. The highest BCUT2D eigenvalue weighted by atomic mass is 32.2. The molecule has 33 heavy (non-hydrogen) atoms. The maximum atomic E-state index is 14.0. The fraction of sp³-hybridized carbons (Fsp3) is 0.160. The number of para-hydroxylation sites is 1. The van der Waals surface area contributed by atoms with Crippen LogP contribution in [0.4, 0.5) is 15.8 Å². The summed E-state index contributed by atoms with van der Waals surface area (Å²) in [5.41, 5.74) is 2.40. The molecule has 0 saturated carbocycles. The van der Waals surface area contributed by atoms with Crippen molar-refractivity contribution in [3.05, 3.63) is 101 Å². The van der Waals surface area contributed by atoms with Crippen molar-refractivity contribution in [2.24, 2.45) is 5.92 Å². The first-order valence-corrected chi connectivity index (χ1v) is 12.0. The molecule has 3 atom stereocenters. The van der Waals surface area contributed by atoms with E-state index >= 15 is 0 Å². The van der Waals surface area contributed by atoms with Crippen LogP contribution >= 0.6 is 0 Å². The molecule has 3 aromatic carbocycles. The maximum Gasteiger partial charge on any atom is 0.336 e. The van der Waals surface area contributed by atoms with Crippen LogP contribution in [0.3, 0.4) is 0 Å². The zero-order valence-electron chi connectivity index (χ0n) is 17.4. The number of allylic oxidation sites excluding steroid dienone is 2. The van der Waals surface area contributed by atoms with E-state index in [1.54, 1.807) is 30.3 Å². The summed E-state index contributed by atoms with van der Waals surface area (Å²) in [6.07, 6.45) is 4.82. The van der Waals surface area contributed by atoms with Gasteiger partial charge in [0.15, 0.2) is 0 Å². The molecule has 0 radical (unpaired) electrons. The number of aromatic carboxylic acids is 1. The Bertz CT molecular complexity index is 1390. The summed E-state index contributed by atoms with van der Waals surface area (Å²) in [5.74, 6) is -1.67. The minimum atomic E-state index is -4.00. The zero-order chi connectivity index (χ0) is 23.2. The topological polar surface area (TPSA) is 95.5 Å². The van der Waals surface area contributed by atoms with Gasteiger partial charge in [0.2, 0.25) is 0 Å². The molecular formula is C25H21FN2O4S. The number of halogens is 1. The quantitative estimate of drug-likeness (QED) is 0.454. The number of carboxylic acid groups (broad SMARTS) is 1. The second kappa shape index (κ2) is 8.04. The highest BCUT2D eigenvalue weighted by molar-refractivity contribution is 7.92. The van der Waals surface area contributed by atoms with Crippen molar-refractivity contribution in [1.82, 2.24) is 0 Å². The van der Waals surface area contributed by atoms with E-state index in [1.807, 2.05) is 24.3 Å². The van der Waals surface area contributed by atoms with Gasteiger partial charge in [-0.1, -0.05) is 42.5 Å². The van der Waals surface area contributed by atoms with Gasteiger partial charge in [-0.3, -0.25) is 4.72 Å². The molecule has 0 fully saturated rings. The van der Waals surface area contributed by atoms with Gasteiger partial charge in [-0.25, -0.2) is 17.6 Å². The van der Waals surface area contributed by atoms with Gasteiger partial charge in [-0.2, -0.15) is 0 Å². The number of hydrogen-bond donors (Lipinski definition) is 3. The largest absolute Gasteiger partial charge is 0.478 e. The molecule has 0 aromatic heterocycles. The second-order valence-corrected chi connectivity index (χ2v) is 9.88. The van der Waals surface area contributed by atoms with Crippen LogP contribution in [0.15, 0.2) is 83.8 Å². The van der Waals surface area contributed by atoms with Gasteiger partial charge >= 0.3 is 5.97 Å². The van der Waals surface area contributed by atoms with E-state index in [1.165, 1.54) is 24.3 Å². The van der Waals surface area contributed by atoms with E-state index in [-0.39, 0.29) is 34.0 Å². The lowest BCUT2D eigenvalue weighted by Crippen LogP contribution is -2.30. The van der Waals surface area contributed by atoms with E-state index in [9.17, 15) is 22.7 Å². The van der Waals surface area contributed by atoms with Crippen LogP contribution in [-0.4, -0.2) is 19.5 Å². The number of hydrogen-bond acceptors (Lipinski definition) is 4. The van der Waals surface area contributed by atoms with Gasteiger partial charge in [0, 0.05) is 11.6 Å². The molecule has 3 N–H and O–H groups in total. The summed E-state index contributed by atoms with van der Waals surface area (Å²) in [6.45, 7) is 0. The van der Waals surface area contributed by atoms with Gasteiger partial charge in [0.25, 0.3) is 10.0 Å². The van der Waals surface area contributed by atoms with Gasteiger partial charge in [0.05, 0.1) is 22.2 Å². The average molecular weight is 465 g/mol. The number of benzene rings is 3. The van der Waals surface area contributed by atoms with Crippen molar-refractivity contribution in [1.29, 1.82) is 0 Å². The summed E-state index contributed by atoms with van der Waals surface area (Å²) in [7, 11) is -4.00. The van der Waals surface area contributed by atoms with Gasteiger partial charge in [-0.05, 0) is 59.9 Å². The van der Waals surface area contributed by atoms with Crippen LogP contribution in [0.5, 0.6) is 0 Å². The Kier molecular flexibility index (Phi) is 5.17. The monoisotopic (exact) mass is 464 g/mol. The van der Waals surface area contributed by atoms with E-state index < -0.39 is 21.8 Å². The Morgan fingerprint density at radius 3 is 2.58 bits per heavy atom. The average Bonchev–Trinajstić information content (AvgIpc) is 3.30. The Balaban J connectivity index is 1.52. The van der Waals surface area contributed by atoms with E-state index in [0.29, 0.717) is 5.56 Å². The molecule has 8 heteroatoms. The maximum absolute atomic E-state index is 14.0. The fourth-order valence-electron chi connectivity index (χ4n) is 4.76. The Hall–Kier alpha value is -3.65. The van der Waals surface area contributed by atoms with E-state index in [2.05, 4.69) is 10.0 Å². The second-order valence-electron chi connectivity index (χ2n) is 8.20. The Morgan fingerprint density at radius 2 is 1.79 bits per heavy atom. The van der Waals surface area contributed by atoms with Crippen molar-refractivity contribution in [2.45, 2.75) is 23.3 Å². The fourth-order valence-corrected chi connectivity index (χ4v) is 5.86. The first-order chi connectivity index (χ1) is 15.8. The molecule has 0 bridgehead atoms. The van der Waals surface area contributed by atoms with Crippen LogP contribution in [-0.2, 0) is 10.0 Å². The van der Waals surface area contributed by atoms with Gasteiger partial charge in [0.1, 0.15) is 5.82 Å². The van der Waals surface area contributed by atoms with E-state index in [0.717, 1.165) is 17.7 Å². The molecule has 1 aliphatic carbocycles. The number of carbonyl (C=O) groups is 1. The number of anilines is 2. The lowest BCUT2D eigenvalue weighted by molar-refractivity contribution is 0.0694. The summed E-state index contributed by atoms with van der Waals surface area (Å²) < 4.78 is 42.2. The van der Waals surface area contributed by atoms with Crippen molar-refractivity contribution >= 4 is 27.4 Å². The number of nitrogens with one attached hydrogen (secondary N) is 2. The van der Waals surface area contributed by atoms with Crippen molar-refractivity contribution in [3.8, 4) is 0 Å². The van der Waals surface area contributed by atoms with Crippen LogP contribution in [0.2, 0.25) is 0 Å². The molecule has 0 saturated heterocycles. The molecular weight excluding hydrogens is 443 g/mol. The SMILES string of the molecule is O=C(O)c1ccccc1[C@H]1Nc2ccc(S(=O)(=O)Nc3ccccc3F)cc2[C@H]2C=CC[C@H]21. The van der Waals surface area contributed by atoms with Crippen LogP contribution in [0.25, 0.3) is 0 Å². The summed E-state index contributed by atoms with van der Waals surface area (Å²) >= 11 is 0. The molecule has 0 spiro atoms. The molecule has 0 unspecified atom stereocenters. The highest BCUT2D eigenvalue weighted by Gasteiger charge is 2.39. The van der Waals surface area contributed by atoms with Crippen LogP contribution < -0.4 is 10.0 Å². The third-order valence-corrected chi connectivity index (χ3v) is 7.65. The number of sulfonamides is 1. The van der Waals surface area contributed by atoms with E-state index in [4.69, 9.17) is 0 Å². The number of rotatable bonds is 5. The third-order valence-electron chi connectivity index (χ3n) is 6.29. The standard InChI is InChI=1S/C25H21FN2O4S/c26-21-10-3-4-11-23(21)28-33(31,32)15-12-13-22-20(14-15)16-8-5-9-17(16)24(27-22)18-6-1-2-7-19(18)25(29)30/h1-8,10-14,16-17,24,27-28H,9H2,(H,29,30)/t16-,17+,24-/m0/s1. The molecule has 3 aromatic rings. The molecule has 5 rings (SSSR count). The first-order valence-electron chi connectivity index (χ1n) is 10.5. The highest BCUT2D eigenvalue weighted by Crippen LogP contribution is 2.50. The van der Waals surface area contributed by atoms with Gasteiger partial charge < -0.3 is 10.4 Å². The zero-order valence-corrected chi connectivity index (χ0v) is 18.2. The van der Waals surface area contributed by atoms with Crippen molar-refractivity contribution in [3.63, 3.8) is 0 Å². The van der Waals surface area contributed by atoms with Crippen molar-refractivity contribution in [2.75, 3.05) is 10.0 Å². The minimum Gasteiger partial charge on any atom is -0.478 e. The molecule has 6 nitrogen and oxygen atoms in total. The minimum absolute atomic E-state index is 0.0368. The Morgan fingerprint density at radius 1 is 1.03 bits per heavy atom. The molecule has 1 aliphatic heterocycles. The molecule has 2 aliphatic rings. The third kappa shape index (κ3) is 3.76. The first kappa shape index (κ1) is 21.2. The molecule has 0 amide bonds. The number of fused-ring (bicyclic) bond motifs is 3. The summed E-state index contributed by atoms with van der Waals surface area (Å²) in [5, 5.41) is 13.1. The number of carboxylic acids is 1. The molecule has 1 heterocycles. The lowest BCUT2D eigenvalue weighted by atomic mass is 9.76. The molecule has 168 valence electrons. The summed E-state index contributed by atoms with van der Waals surface area (Å²) in [4.78, 5) is 11.8. The van der Waals surface area contributed by atoms with Crippen molar-refractivity contribution < 1.29 is 22.7 Å². The van der Waals surface area contributed by atoms with Crippen LogP contribution in [0, 0.1) is 11.7 Å². The smallest absolute Gasteiger partial charge is 0.336 e. The Labute approximate surface area is 190 Å². The van der Waals surface area contributed by atoms with Crippen LogP contribution in [0.1, 0.15) is 39.9 Å².